The van der Waals surface area contributed by atoms with Crippen LogP contribution in [-0.2, 0) is 13.0 Å². The Balaban J connectivity index is 1.86. The average molecular weight is 321 g/mol. The van der Waals surface area contributed by atoms with Crippen molar-refractivity contribution in [2.24, 2.45) is 0 Å². The van der Waals surface area contributed by atoms with Gasteiger partial charge in [0.15, 0.2) is 5.76 Å². The minimum absolute atomic E-state index is 0.0205. The summed E-state index contributed by atoms with van der Waals surface area (Å²) in [5, 5.41) is 3.96. The Morgan fingerprint density at radius 3 is 3.00 bits per heavy atom. The topological polar surface area (TPSA) is 46.3 Å². The number of carbonyl (C=O) groups excluding carboxylic acids is 1. The van der Waals surface area contributed by atoms with Gasteiger partial charge in [0, 0.05) is 16.6 Å². The summed E-state index contributed by atoms with van der Waals surface area (Å²) in [5.74, 6) is 0.830. The fourth-order valence-electron chi connectivity index (χ4n) is 2.36. The highest BCUT2D eigenvalue weighted by molar-refractivity contribution is 9.10. The van der Waals surface area contributed by atoms with Crippen LogP contribution in [0.25, 0.3) is 0 Å². The summed E-state index contributed by atoms with van der Waals surface area (Å²) in [4.78, 5) is 14.3. The maximum Gasteiger partial charge on any atom is 0.255 e. The Morgan fingerprint density at radius 2 is 2.21 bits per heavy atom. The number of hydrogen-bond acceptors (Lipinski definition) is 3. The van der Waals surface area contributed by atoms with Gasteiger partial charge in [-0.15, -0.1) is 0 Å². The van der Waals surface area contributed by atoms with E-state index in [1.165, 1.54) is 0 Å². The molecule has 19 heavy (non-hydrogen) atoms. The van der Waals surface area contributed by atoms with Crippen LogP contribution >= 0.6 is 15.9 Å². The third-order valence-electron chi connectivity index (χ3n) is 3.42. The molecule has 0 fully saturated rings. The van der Waals surface area contributed by atoms with Crippen molar-refractivity contribution in [2.45, 2.75) is 19.9 Å². The zero-order valence-corrected chi connectivity index (χ0v) is 12.1. The van der Waals surface area contributed by atoms with Gasteiger partial charge in [-0.2, -0.15) is 0 Å². The van der Waals surface area contributed by atoms with Crippen LogP contribution in [0, 0.1) is 6.92 Å². The van der Waals surface area contributed by atoms with Gasteiger partial charge in [-0.1, -0.05) is 17.3 Å². The van der Waals surface area contributed by atoms with E-state index in [9.17, 15) is 4.79 Å². The van der Waals surface area contributed by atoms with Crippen molar-refractivity contribution in [2.75, 3.05) is 6.54 Å². The molecule has 1 aromatic carbocycles. The van der Waals surface area contributed by atoms with E-state index in [4.69, 9.17) is 4.52 Å². The fourth-order valence-corrected chi connectivity index (χ4v) is 2.81. The number of benzene rings is 1. The first kappa shape index (κ1) is 12.4. The van der Waals surface area contributed by atoms with Crippen LogP contribution in [0.5, 0.6) is 0 Å². The van der Waals surface area contributed by atoms with E-state index in [0.717, 1.165) is 27.9 Å². The first-order valence-electron chi connectivity index (χ1n) is 6.14. The summed E-state index contributed by atoms with van der Waals surface area (Å²) in [7, 11) is 0. The summed E-state index contributed by atoms with van der Waals surface area (Å²) in [5.41, 5.74) is 2.77. The molecule has 0 aliphatic carbocycles. The van der Waals surface area contributed by atoms with E-state index in [1.807, 2.05) is 31.2 Å². The molecule has 2 heterocycles. The number of nitrogens with zero attached hydrogens (tertiary/aromatic N) is 2. The van der Waals surface area contributed by atoms with Crippen LogP contribution in [0.15, 0.2) is 33.3 Å². The third kappa shape index (κ3) is 2.18. The molecule has 1 amide bonds. The predicted molar refractivity (Wildman–Crippen MR) is 73.8 cm³/mol. The van der Waals surface area contributed by atoms with Crippen molar-refractivity contribution in [3.8, 4) is 0 Å². The zero-order chi connectivity index (χ0) is 13.4. The van der Waals surface area contributed by atoms with Gasteiger partial charge in [0.25, 0.3) is 5.91 Å². The van der Waals surface area contributed by atoms with Gasteiger partial charge in [-0.05, 0) is 41.4 Å². The van der Waals surface area contributed by atoms with E-state index >= 15 is 0 Å². The highest BCUT2D eigenvalue weighted by Crippen LogP contribution is 2.25. The highest BCUT2D eigenvalue weighted by atomic mass is 79.9. The molecule has 0 bridgehead atoms. The summed E-state index contributed by atoms with van der Waals surface area (Å²) < 4.78 is 6.10. The Bertz CT molecular complexity index is 636. The lowest BCUT2D eigenvalue weighted by Crippen LogP contribution is -2.35. The van der Waals surface area contributed by atoms with Gasteiger partial charge in [0.05, 0.1) is 17.8 Å². The molecule has 3 rings (SSSR count). The second kappa shape index (κ2) is 4.81. The number of hydrogen-bond donors (Lipinski definition) is 0. The maximum atomic E-state index is 12.5. The molecular formula is C14H13BrN2O2. The summed E-state index contributed by atoms with van der Waals surface area (Å²) >= 11 is 3.42. The molecule has 0 saturated carbocycles. The van der Waals surface area contributed by atoms with Gasteiger partial charge < -0.3 is 9.42 Å². The summed E-state index contributed by atoms with van der Waals surface area (Å²) in [6, 6.07) is 7.47. The standard InChI is InChI=1S/C14H13BrN2O2/c1-9-10-6-7-17(8-13(10)19-16-9)14(18)11-4-2-3-5-12(11)15/h2-5H,6-8H2,1H3. The van der Waals surface area contributed by atoms with Gasteiger partial charge in [-0.3, -0.25) is 4.79 Å². The Kier molecular flexibility index (Phi) is 3.14. The van der Waals surface area contributed by atoms with Crippen molar-refractivity contribution in [1.82, 2.24) is 10.1 Å². The number of aromatic nitrogens is 1. The lowest BCUT2D eigenvalue weighted by Gasteiger charge is -2.26. The van der Waals surface area contributed by atoms with E-state index in [2.05, 4.69) is 21.1 Å². The molecule has 0 spiro atoms. The van der Waals surface area contributed by atoms with Crippen molar-refractivity contribution in [1.29, 1.82) is 0 Å². The summed E-state index contributed by atoms with van der Waals surface area (Å²) in [6.45, 7) is 3.14. The SMILES string of the molecule is Cc1noc2c1CCN(C(=O)c1ccccc1Br)C2. The average Bonchev–Trinajstić information content (AvgIpc) is 2.80. The number of rotatable bonds is 1. The maximum absolute atomic E-state index is 12.5. The molecule has 98 valence electrons. The molecule has 0 atom stereocenters. The minimum Gasteiger partial charge on any atom is -0.359 e. The van der Waals surface area contributed by atoms with Gasteiger partial charge >= 0.3 is 0 Å². The minimum atomic E-state index is 0.0205. The van der Waals surface area contributed by atoms with Crippen LogP contribution < -0.4 is 0 Å². The lowest BCUT2D eigenvalue weighted by molar-refractivity contribution is 0.0715. The molecule has 1 aliphatic rings. The smallest absolute Gasteiger partial charge is 0.255 e. The number of halogens is 1. The largest absolute Gasteiger partial charge is 0.359 e. The summed E-state index contributed by atoms with van der Waals surface area (Å²) in [6.07, 6.45) is 0.806. The molecule has 2 aromatic rings. The Hall–Kier alpha value is -1.62. The number of amides is 1. The van der Waals surface area contributed by atoms with E-state index in [-0.39, 0.29) is 5.91 Å². The van der Waals surface area contributed by atoms with Crippen molar-refractivity contribution in [3.63, 3.8) is 0 Å². The molecular weight excluding hydrogens is 308 g/mol. The first-order valence-corrected chi connectivity index (χ1v) is 6.94. The Labute approximate surface area is 119 Å². The van der Waals surface area contributed by atoms with Crippen LogP contribution in [0.2, 0.25) is 0 Å². The quantitative estimate of drug-likeness (QED) is 0.811. The second-order valence-corrected chi connectivity index (χ2v) is 5.48. The van der Waals surface area contributed by atoms with E-state index in [0.29, 0.717) is 18.7 Å². The molecule has 4 nitrogen and oxygen atoms in total. The van der Waals surface area contributed by atoms with Crippen molar-refractivity contribution >= 4 is 21.8 Å². The fraction of sp³-hybridized carbons (Fsp3) is 0.286. The van der Waals surface area contributed by atoms with Gasteiger partial charge in [-0.25, -0.2) is 0 Å². The highest BCUT2D eigenvalue weighted by Gasteiger charge is 2.26. The van der Waals surface area contributed by atoms with Crippen LogP contribution in [-0.4, -0.2) is 22.5 Å². The molecule has 0 saturated heterocycles. The van der Waals surface area contributed by atoms with E-state index < -0.39 is 0 Å². The molecule has 1 aromatic heterocycles. The van der Waals surface area contributed by atoms with Crippen LogP contribution in [0.4, 0.5) is 0 Å². The molecule has 0 radical (unpaired) electrons. The van der Waals surface area contributed by atoms with Gasteiger partial charge in [0.1, 0.15) is 0 Å². The van der Waals surface area contributed by atoms with Gasteiger partial charge in [0.2, 0.25) is 0 Å². The van der Waals surface area contributed by atoms with E-state index in [1.54, 1.807) is 4.90 Å². The molecule has 0 unspecified atom stereocenters. The molecule has 0 N–H and O–H groups in total. The lowest BCUT2D eigenvalue weighted by atomic mass is 10.0. The normalized spacial score (nSPS) is 14.3. The second-order valence-electron chi connectivity index (χ2n) is 4.63. The predicted octanol–water partition coefficient (Wildman–Crippen LogP) is 2.94. The Morgan fingerprint density at radius 1 is 1.42 bits per heavy atom. The van der Waals surface area contributed by atoms with Crippen molar-refractivity contribution < 1.29 is 9.32 Å². The van der Waals surface area contributed by atoms with Crippen LogP contribution in [0.1, 0.15) is 27.4 Å². The third-order valence-corrected chi connectivity index (χ3v) is 4.12. The number of carbonyl (C=O) groups is 1. The first-order chi connectivity index (χ1) is 9.16. The monoisotopic (exact) mass is 320 g/mol. The number of aryl methyl sites for hydroxylation is 1. The molecule has 5 heteroatoms. The van der Waals surface area contributed by atoms with Crippen LogP contribution in [0.3, 0.4) is 0 Å². The van der Waals surface area contributed by atoms with Crippen molar-refractivity contribution in [3.05, 3.63) is 51.3 Å². The molecule has 1 aliphatic heterocycles. The number of fused-ring (bicyclic) bond motifs is 1. The zero-order valence-electron chi connectivity index (χ0n) is 10.5.